The van der Waals surface area contributed by atoms with Crippen LogP contribution in [0.2, 0.25) is 5.02 Å². The van der Waals surface area contributed by atoms with E-state index < -0.39 is 0 Å². The van der Waals surface area contributed by atoms with Crippen molar-refractivity contribution in [1.82, 2.24) is 4.90 Å². The van der Waals surface area contributed by atoms with Crippen LogP contribution in [-0.4, -0.2) is 30.6 Å². The predicted octanol–water partition coefficient (Wildman–Crippen LogP) is 2.66. The topological polar surface area (TPSA) is 38.5 Å². The predicted molar refractivity (Wildman–Crippen MR) is 75.1 cm³/mol. The van der Waals surface area contributed by atoms with Gasteiger partial charge in [0.05, 0.1) is 7.11 Å². The molecule has 0 saturated carbocycles. The van der Waals surface area contributed by atoms with E-state index in [-0.39, 0.29) is 0 Å². The molecule has 0 radical (unpaired) electrons. The molecule has 1 aliphatic rings. The Hall–Kier alpha value is -0.770. The molecule has 1 saturated heterocycles. The van der Waals surface area contributed by atoms with Crippen LogP contribution in [0.4, 0.5) is 0 Å². The number of hydrogen-bond donors (Lipinski definition) is 1. The van der Waals surface area contributed by atoms with Gasteiger partial charge >= 0.3 is 0 Å². The van der Waals surface area contributed by atoms with Crippen LogP contribution in [-0.2, 0) is 6.54 Å². The van der Waals surface area contributed by atoms with E-state index in [1.165, 1.54) is 0 Å². The van der Waals surface area contributed by atoms with Gasteiger partial charge in [-0.3, -0.25) is 4.90 Å². The number of hydrogen-bond acceptors (Lipinski definition) is 3. The third-order valence-electron chi connectivity index (χ3n) is 3.71. The Bertz CT molecular complexity index is 411. The van der Waals surface area contributed by atoms with Crippen LogP contribution in [0.5, 0.6) is 5.75 Å². The summed E-state index contributed by atoms with van der Waals surface area (Å²) in [5.74, 6) is 0.865. The van der Waals surface area contributed by atoms with Gasteiger partial charge in [-0.1, -0.05) is 17.7 Å². The summed E-state index contributed by atoms with van der Waals surface area (Å²) in [5.41, 5.74) is 7.06. The maximum atomic E-state index is 6.27. The molecular formula is C14H21ClN2O. The molecule has 1 aliphatic heterocycles. The summed E-state index contributed by atoms with van der Waals surface area (Å²) >= 11 is 6.27. The van der Waals surface area contributed by atoms with Crippen LogP contribution in [0.15, 0.2) is 18.2 Å². The van der Waals surface area contributed by atoms with Crippen LogP contribution in [0.3, 0.4) is 0 Å². The van der Waals surface area contributed by atoms with Crippen molar-refractivity contribution in [3.05, 3.63) is 28.8 Å². The number of methoxy groups -OCH3 is 1. The van der Waals surface area contributed by atoms with Gasteiger partial charge in [0.25, 0.3) is 0 Å². The van der Waals surface area contributed by atoms with E-state index in [0.717, 1.165) is 42.3 Å². The molecule has 2 unspecified atom stereocenters. The minimum atomic E-state index is 0.337. The van der Waals surface area contributed by atoms with E-state index in [9.17, 15) is 0 Å². The van der Waals surface area contributed by atoms with E-state index in [1.807, 2.05) is 18.2 Å². The molecule has 0 spiro atoms. The van der Waals surface area contributed by atoms with Crippen LogP contribution < -0.4 is 10.5 Å². The molecule has 0 amide bonds. The van der Waals surface area contributed by atoms with Crippen molar-refractivity contribution in [1.29, 1.82) is 0 Å². The monoisotopic (exact) mass is 268 g/mol. The molecule has 2 rings (SSSR count). The number of benzene rings is 1. The fraction of sp³-hybridized carbons (Fsp3) is 0.571. The number of nitrogens with two attached hydrogens (primary N) is 1. The van der Waals surface area contributed by atoms with E-state index in [4.69, 9.17) is 22.1 Å². The van der Waals surface area contributed by atoms with Crippen molar-refractivity contribution in [3.63, 3.8) is 0 Å². The minimum Gasteiger partial charge on any atom is -0.496 e. The van der Waals surface area contributed by atoms with Crippen LogP contribution in [0.1, 0.15) is 25.3 Å². The van der Waals surface area contributed by atoms with Gasteiger partial charge in [0.15, 0.2) is 0 Å². The number of piperidine rings is 1. The first kappa shape index (κ1) is 13.7. The first-order chi connectivity index (χ1) is 8.61. The van der Waals surface area contributed by atoms with Gasteiger partial charge in [0.1, 0.15) is 5.75 Å². The molecule has 1 heterocycles. The molecule has 2 N–H and O–H groups in total. The second-order valence-electron chi connectivity index (χ2n) is 5.02. The number of ether oxygens (including phenoxy) is 1. The van der Waals surface area contributed by atoms with Crippen LogP contribution in [0.25, 0.3) is 0 Å². The number of rotatable bonds is 3. The van der Waals surface area contributed by atoms with Crippen molar-refractivity contribution >= 4 is 11.6 Å². The second kappa shape index (κ2) is 5.91. The normalized spacial score (nSPS) is 25.1. The van der Waals surface area contributed by atoms with E-state index in [1.54, 1.807) is 7.11 Å². The molecule has 1 fully saturated rings. The maximum absolute atomic E-state index is 6.27. The largest absolute Gasteiger partial charge is 0.496 e. The summed E-state index contributed by atoms with van der Waals surface area (Å²) in [6.45, 7) is 4.08. The molecule has 100 valence electrons. The molecule has 1 aromatic rings. The second-order valence-corrected chi connectivity index (χ2v) is 5.43. The molecule has 2 atom stereocenters. The molecule has 1 aromatic carbocycles. The molecule has 0 bridgehead atoms. The van der Waals surface area contributed by atoms with Crippen molar-refractivity contribution in [2.45, 2.75) is 38.4 Å². The summed E-state index contributed by atoms with van der Waals surface area (Å²) in [6.07, 6.45) is 2.10. The first-order valence-corrected chi connectivity index (χ1v) is 6.80. The third-order valence-corrected chi connectivity index (χ3v) is 4.07. The third kappa shape index (κ3) is 2.97. The lowest BCUT2D eigenvalue weighted by molar-refractivity contribution is 0.139. The molecule has 18 heavy (non-hydrogen) atoms. The summed E-state index contributed by atoms with van der Waals surface area (Å²) in [7, 11) is 1.69. The Kier molecular flexibility index (Phi) is 4.49. The fourth-order valence-electron chi connectivity index (χ4n) is 2.58. The van der Waals surface area contributed by atoms with Crippen molar-refractivity contribution in [2.24, 2.45) is 5.73 Å². The summed E-state index contributed by atoms with van der Waals surface area (Å²) in [6, 6.07) is 6.63. The van der Waals surface area contributed by atoms with Gasteiger partial charge in [-0.05, 0) is 31.9 Å². The molecule has 0 aliphatic carbocycles. The lowest BCUT2D eigenvalue weighted by atomic mass is 9.98. The first-order valence-electron chi connectivity index (χ1n) is 6.43. The lowest BCUT2D eigenvalue weighted by Crippen LogP contribution is -2.45. The van der Waals surface area contributed by atoms with Crippen LogP contribution in [0, 0.1) is 0 Å². The minimum absolute atomic E-state index is 0.337. The van der Waals surface area contributed by atoms with E-state index >= 15 is 0 Å². The SMILES string of the molecule is COc1cccc(Cl)c1CN1CCC(N)CC1C. The van der Waals surface area contributed by atoms with Gasteiger partial charge in [-0.25, -0.2) is 0 Å². The van der Waals surface area contributed by atoms with E-state index in [2.05, 4.69) is 11.8 Å². The molecule has 4 heteroatoms. The number of nitrogens with zero attached hydrogens (tertiary/aromatic N) is 1. The molecular weight excluding hydrogens is 248 g/mol. The maximum Gasteiger partial charge on any atom is 0.124 e. The van der Waals surface area contributed by atoms with Crippen LogP contribution >= 0.6 is 11.6 Å². The Balaban J connectivity index is 2.14. The highest BCUT2D eigenvalue weighted by molar-refractivity contribution is 6.31. The van der Waals surface area contributed by atoms with Gasteiger partial charge in [0.2, 0.25) is 0 Å². The number of halogens is 1. The van der Waals surface area contributed by atoms with E-state index in [0.29, 0.717) is 12.1 Å². The average molecular weight is 269 g/mol. The summed E-state index contributed by atoms with van der Waals surface area (Å²) in [5, 5.41) is 0.774. The lowest BCUT2D eigenvalue weighted by Gasteiger charge is -2.36. The Morgan fingerprint density at radius 1 is 1.50 bits per heavy atom. The standard InChI is InChI=1S/C14H21ClN2O/c1-10-8-11(16)6-7-17(10)9-12-13(15)4-3-5-14(12)18-2/h3-5,10-11H,6-9,16H2,1-2H3. The Labute approximate surface area is 114 Å². The van der Waals surface area contributed by atoms with Crippen molar-refractivity contribution in [3.8, 4) is 5.75 Å². The van der Waals surface area contributed by atoms with Crippen molar-refractivity contribution < 1.29 is 4.74 Å². The van der Waals surface area contributed by atoms with Gasteiger partial charge in [0, 0.05) is 35.8 Å². The molecule has 0 aromatic heterocycles. The average Bonchev–Trinajstić information content (AvgIpc) is 2.34. The summed E-state index contributed by atoms with van der Waals surface area (Å²) < 4.78 is 5.39. The van der Waals surface area contributed by atoms with Gasteiger partial charge in [-0.2, -0.15) is 0 Å². The highest BCUT2D eigenvalue weighted by Gasteiger charge is 2.24. The van der Waals surface area contributed by atoms with Gasteiger partial charge < -0.3 is 10.5 Å². The van der Waals surface area contributed by atoms with Gasteiger partial charge in [-0.15, -0.1) is 0 Å². The highest BCUT2D eigenvalue weighted by Crippen LogP contribution is 2.29. The highest BCUT2D eigenvalue weighted by atomic mass is 35.5. The zero-order valence-corrected chi connectivity index (χ0v) is 11.8. The molecule has 3 nitrogen and oxygen atoms in total. The fourth-order valence-corrected chi connectivity index (χ4v) is 2.80. The smallest absolute Gasteiger partial charge is 0.124 e. The summed E-state index contributed by atoms with van der Waals surface area (Å²) in [4.78, 5) is 2.42. The Morgan fingerprint density at radius 3 is 2.94 bits per heavy atom. The van der Waals surface area contributed by atoms with Crippen molar-refractivity contribution in [2.75, 3.05) is 13.7 Å². The Morgan fingerprint density at radius 2 is 2.28 bits per heavy atom. The quantitative estimate of drug-likeness (QED) is 0.916. The number of likely N-dealkylation sites (tertiary alicyclic amines) is 1. The zero-order chi connectivity index (χ0) is 13.1. The zero-order valence-electron chi connectivity index (χ0n) is 11.0.